The minimum atomic E-state index is -1.43. The van der Waals surface area contributed by atoms with Crippen LogP contribution in [0.3, 0.4) is 0 Å². The van der Waals surface area contributed by atoms with Gasteiger partial charge in [0.25, 0.3) is 0 Å². The van der Waals surface area contributed by atoms with Crippen molar-refractivity contribution in [1.29, 1.82) is 0 Å². The van der Waals surface area contributed by atoms with Gasteiger partial charge in [0.2, 0.25) is 5.71 Å². The summed E-state index contributed by atoms with van der Waals surface area (Å²) in [6, 6.07) is 26.6. The van der Waals surface area contributed by atoms with E-state index in [1.165, 1.54) is 28.0 Å². The Morgan fingerprint density at radius 2 is 1.66 bits per heavy atom. The number of aromatic nitrogens is 3. The van der Waals surface area contributed by atoms with E-state index in [1.807, 2.05) is 76.4 Å². The van der Waals surface area contributed by atoms with Gasteiger partial charge in [-0.1, -0.05) is 56.3 Å². The van der Waals surface area contributed by atoms with Crippen LogP contribution in [0.25, 0.3) is 54.7 Å². The molecule has 0 amide bonds. The number of nitrogens with zero attached hydrogens (tertiary/aromatic N) is 3. The molecule has 44 heavy (non-hydrogen) atoms. The summed E-state index contributed by atoms with van der Waals surface area (Å²) >= 11 is 1.48. The van der Waals surface area contributed by atoms with Crippen molar-refractivity contribution >= 4 is 43.5 Å². The van der Waals surface area contributed by atoms with Gasteiger partial charge in [-0.25, -0.2) is 4.98 Å². The van der Waals surface area contributed by atoms with Crippen molar-refractivity contribution < 1.29 is 27.3 Å². The van der Waals surface area contributed by atoms with Gasteiger partial charge in [0.05, 0.1) is 5.58 Å². The van der Waals surface area contributed by atoms with Gasteiger partial charge >= 0.3 is 0 Å². The topological polar surface area (TPSA) is 51.8 Å². The summed E-state index contributed by atoms with van der Waals surface area (Å²) in [6.07, 6.45) is 2.30. The number of aryl methyl sites for hydroxylation is 4. The second kappa shape index (κ2) is 12.7. The third-order valence-electron chi connectivity index (χ3n) is 7.21. The number of hydrogen-bond donors (Lipinski definition) is 0. The molecule has 0 saturated heterocycles. The predicted octanol–water partition coefficient (Wildman–Crippen LogP) is 10.4. The number of furan rings is 1. The van der Waals surface area contributed by atoms with Crippen molar-refractivity contribution in [3.8, 4) is 22.5 Å². The Morgan fingerprint density at radius 3 is 2.39 bits per heavy atom. The van der Waals surface area contributed by atoms with Gasteiger partial charge in [-0.15, -0.1) is 64.9 Å². The fourth-order valence-corrected chi connectivity index (χ4v) is 6.02. The van der Waals surface area contributed by atoms with E-state index in [0.29, 0.717) is 5.71 Å². The number of pyridine rings is 3. The maximum absolute atomic E-state index is 8.58. The van der Waals surface area contributed by atoms with Crippen LogP contribution in [0.5, 0.6) is 0 Å². The molecular formula is C38H35IrN3OS-2. The van der Waals surface area contributed by atoms with E-state index in [4.69, 9.17) is 7.16 Å². The molecule has 5 heterocycles. The zero-order valence-electron chi connectivity index (χ0n) is 27.9. The van der Waals surface area contributed by atoms with Gasteiger partial charge in [0.1, 0.15) is 0 Å². The molecule has 0 bridgehead atoms. The summed E-state index contributed by atoms with van der Waals surface area (Å²) < 4.78 is 24.3. The van der Waals surface area contributed by atoms with E-state index in [0.717, 1.165) is 59.5 Å². The molecule has 6 heteroatoms. The Balaban J connectivity index is 0.000000220. The summed E-state index contributed by atoms with van der Waals surface area (Å²) in [4.78, 5) is 14.3. The summed E-state index contributed by atoms with van der Waals surface area (Å²) in [5.41, 5.74) is 9.08. The quantitative estimate of drug-likeness (QED) is 0.168. The smallest absolute Gasteiger partial charge is 0.216 e. The zero-order chi connectivity index (χ0) is 32.1. The monoisotopic (exact) mass is 776 g/mol. The number of rotatable bonds is 3. The van der Waals surface area contributed by atoms with Gasteiger partial charge in [-0.3, -0.25) is 0 Å². The summed E-state index contributed by atoms with van der Waals surface area (Å²) in [7, 11) is 0. The van der Waals surface area contributed by atoms with E-state index in [-0.39, 0.29) is 20.1 Å². The third kappa shape index (κ3) is 6.83. The van der Waals surface area contributed by atoms with Crippen molar-refractivity contribution in [1.82, 2.24) is 15.0 Å². The summed E-state index contributed by atoms with van der Waals surface area (Å²) in [6.45, 7) is 14.0. The molecule has 5 aromatic heterocycles. The van der Waals surface area contributed by atoms with Crippen molar-refractivity contribution in [2.24, 2.45) is 5.41 Å². The number of hydrogen-bond acceptors (Lipinski definition) is 5. The molecule has 0 aliphatic carbocycles. The molecule has 0 atom stereocenters. The molecule has 0 spiro atoms. The Bertz CT molecular complexity index is 2180. The van der Waals surface area contributed by atoms with Crippen LogP contribution >= 0.6 is 11.3 Å². The average Bonchev–Trinajstić information content (AvgIpc) is 3.60. The maximum atomic E-state index is 8.58. The first-order valence-corrected chi connectivity index (χ1v) is 15.2. The van der Waals surface area contributed by atoms with E-state index >= 15 is 0 Å². The molecule has 2 aromatic carbocycles. The molecule has 0 aliphatic heterocycles. The van der Waals surface area contributed by atoms with Gasteiger partial charge in [-0.05, 0) is 67.7 Å². The minimum Gasteiger partial charge on any atom is -0.486 e. The van der Waals surface area contributed by atoms with E-state index in [2.05, 4.69) is 66.1 Å². The summed E-state index contributed by atoms with van der Waals surface area (Å²) in [5, 5.41) is 2.91. The van der Waals surface area contributed by atoms with Crippen LogP contribution in [-0.4, -0.2) is 15.0 Å². The first-order chi connectivity index (χ1) is 21.3. The van der Waals surface area contributed by atoms with Gasteiger partial charge in [-0.2, -0.15) is 0 Å². The molecule has 0 aliphatic rings. The fraction of sp³-hybridized carbons (Fsp3) is 0.237. The molecule has 7 rings (SSSR count). The van der Waals surface area contributed by atoms with Crippen molar-refractivity contribution in [3.63, 3.8) is 0 Å². The SMILES string of the molecule is Cc1c[c-]c(-c2cc(C)c(C)cn2)cc1.[2H]C([2H])(c1cc2cnc(-c3[c-]ccc4c3oc3nc(C)ccc34)cc2s1)C(C)(C)C.[Ir]. The Labute approximate surface area is 279 Å². The molecule has 0 fully saturated rings. The number of thiophene rings is 1. The minimum absolute atomic E-state index is 0. The maximum Gasteiger partial charge on any atom is 0.216 e. The van der Waals surface area contributed by atoms with E-state index < -0.39 is 11.8 Å². The van der Waals surface area contributed by atoms with Crippen LogP contribution < -0.4 is 0 Å². The second-order valence-electron chi connectivity index (χ2n) is 12.0. The van der Waals surface area contributed by atoms with Crippen LogP contribution in [0.1, 0.15) is 50.8 Å². The molecular weight excluding hydrogens is 739 g/mol. The van der Waals surface area contributed by atoms with Gasteiger partial charge < -0.3 is 14.4 Å². The molecule has 225 valence electrons. The third-order valence-corrected chi connectivity index (χ3v) is 8.22. The standard InChI is InChI=1S/C24H21N2OS.C14H14N.Ir/c1-14-8-9-18-17-6-5-7-19(22(17)27-23(18)26-14)20-11-21-15(13-25-20)10-16(28-21)12-24(2,3)4;1-10-4-6-13(7-5-10)14-8-11(2)12(3)9-15-14;/h5-6,8-11,13H,12H2,1-4H3;4-6,8-9H,1-3H3;/q2*-1;/i12D2;;. The van der Waals surface area contributed by atoms with Gasteiger partial charge in [0.15, 0.2) is 0 Å². The molecule has 0 N–H and O–H groups in total. The van der Waals surface area contributed by atoms with Crippen LogP contribution in [0.4, 0.5) is 0 Å². The van der Waals surface area contributed by atoms with Crippen LogP contribution in [-0.2, 0) is 26.5 Å². The van der Waals surface area contributed by atoms with Gasteiger partial charge in [0, 0.05) is 61.3 Å². The predicted molar refractivity (Wildman–Crippen MR) is 180 cm³/mol. The van der Waals surface area contributed by atoms with Crippen molar-refractivity contribution in [2.45, 2.75) is 54.8 Å². The van der Waals surface area contributed by atoms with Crippen LogP contribution in [0.2, 0.25) is 0 Å². The molecule has 0 saturated carbocycles. The Hall–Kier alpha value is -3.70. The first kappa shape index (κ1) is 29.0. The molecule has 0 unspecified atom stereocenters. The molecule has 7 aromatic rings. The zero-order valence-corrected chi connectivity index (χ0v) is 29.1. The fourth-order valence-electron chi connectivity index (χ4n) is 4.84. The molecule has 4 nitrogen and oxygen atoms in total. The Kier molecular flexibility index (Phi) is 8.40. The second-order valence-corrected chi connectivity index (χ2v) is 13.1. The van der Waals surface area contributed by atoms with E-state index in [1.54, 1.807) is 6.20 Å². The molecule has 1 radical (unpaired) electrons. The normalized spacial score (nSPS) is 12.4. The van der Waals surface area contributed by atoms with Crippen molar-refractivity contribution in [3.05, 3.63) is 112 Å². The van der Waals surface area contributed by atoms with Crippen LogP contribution in [0.15, 0.2) is 77.5 Å². The van der Waals surface area contributed by atoms with Crippen LogP contribution in [0, 0.1) is 45.2 Å². The number of fused-ring (bicyclic) bond motifs is 4. The Morgan fingerprint density at radius 1 is 0.864 bits per heavy atom. The van der Waals surface area contributed by atoms with Crippen molar-refractivity contribution in [2.75, 3.05) is 0 Å². The largest absolute Gasteiger partial charge is 0.486 e. The summed E-state index contributed by atoms with van der Waals surface area (Å²) in [5.74, 6) is 0. The van der Waals surface area contributed by atoms with E-state index in [9.17, 15) is 0 Å². The average molecular weight is 776 g/mol. The first-order valence-electron chi connectivity index (χ1n) is 15.3. The number of benzene rings is 2.